The molecule has 1 nitrogen and oxygen atoms in total. The van der Waals surface area contributed by atoms with Gasteiger partial charge in [0.2, 0.25) is 0 Å². The summed E-state index contributed by atoms with van der Waals surface area (Å²) in [6.07, 6.45) is 6.83. The fourth-order valence-electron chi connectivity index (χ4n) is 3.42. The summed E-state index contributed by atoms with van der Waals surface area (Å²) < 4.78 is 29.2. The minimum Gasteiger partial charge on any atom is -0.206 e. The molecular formula is C25H17F2NS2. The van der Waals surface area contributed by atoms with Gasteiger partial charge < -0.3 is 0 Å². The number of hydrogen-bond acceptors (Lipinski definition) is 3. The van der Waals surface area contributed by atoms with Gasteiger partial charge in [0.25, 0.3) is 0 Å². The summed E-state index contributed by atoms with van der Waals surface area (Å²) in [4.78, 5) is 5.95. The van der Waals surface area contributed by atoms with E-state index in [-0.39, 0.29) is 11.1 Å². The molecule has 0 N–H and O–H groups in total. The Morgan fingerprint density at radius 3 is 2.57 bits per heavy atom. The van der Waals surface area contributed by atoms with Gasteiger partial charge in [-0.3, -0.25) is 0 Å². The molecule has 2 aromatic carbocycles. The first-order chi connectivity index (χ1) is 14.6. The topological polar surface area (TPSA) is 12.4 Å². The normalized spacial score (nSPS) is 12.7. The molecular weight excluding hydrogens is 416 g/mol. The van der Waals surface area contributed by atoms with Gasteiger partial charge in [-0.05, 0) is 73.4 Å². The second-order valence-electron chi connectivity index (χ2n) is 7.01. The monoisotopic (exact) mass is 433 g/mol. The summed E-state index contributed by atoms with van der Waals surface area (Å²) in [7, 11) is 0. The van der Waals surface area contributed by atoms with Gasteiger partial charge in [-0.25, -0.2) is 8.78 Å². The van der Waals surface area contributed by atoms with E-state index in [4.69, 9.17) is 0 Å². The Morgan fingerprint density at radius 2 is 1.83 bits per heavy atom. The molecule has 0 atom stereocenters. The quantitative estimate of drug-likeness (QED) is 0.180. The Kier molecular flexibility index (Phi) is 6.30. The number of thiophene rings is 1. The van der Waals surface area contributed by atoms with Crippen molar-refractivity contribution in [3.05, 3.63) is 87.1 Å². The maximum atomic E-state index is 14.6. The molecule has 148 valence electrons. The maximum absolute atomic E-state index is 14.6. The molecule has 0 aliphatic heterocycles. The van der Waals surface area contributed by atoms with Crippen LogP contribution in [0.1, 0.15) is 34.6 Å². The Bertz CT molecular complexity index is 1220. The molecule has 1 aliphatic rings. The molecule has 0 fully saturated rings. The Hall–Kier alpha value is -2.90. The number of aliphatic imine (C=N–C) groups is 1. The van der Waals surface area contributed by atoms with Crippen molar-refractivity contribution < 1.29 is 8.78 Å². The van der Waals surface area contributed by atoms with Crippen LogP contribution in [0, 0.1) is 23.5 Å². The third-order valence-electron chi connectivity index (χ3n) is 4.93. The molecule has 3 aromatic rings. The van der Waals surface area contributed by atoms with Gasteiger partial charge >= 0.3 is 0 Å². The number of benzene rings is 2. The van der Waals surface area contributed by atoms with Crippen LogP contribution >= 0.6 is 23.6 Å². The molecule has 0 unspecified atom stereocenters. The second-order valence-corrected chi connectivity index (χ2v) is 8.36. The molecule has 1 heterocycles. The largest absolute Gasteiger partial charge is 0.206 e. The third-order valence-corrected chi connectivity index (χ3v) is 6.02. The number of thiocarbonyl (C=S) groups is 1. The van der Waals surface area contributed by atoms with E-state index < -0.39 is 11.6 Å². The van der Waals surface area contributed by atoms with Crippen LogP contribution in [0.4, 0.5) is 14.5 Å². The third kappa shape index (κ3) is 4.80. The molecule has 1 aromatic heterocycles. The van der Waals surface area contributed by atoms with Crippen LogP contribution in [0.5, 0.6) is 0 Å². The van der Waals surface area contributed by atoms with Crippen molar-refractivity contribution in [1.82, 2.24) is 0 Å². The van der Waals surface area contributed by atoms with Crippen molar-refractivity contribution in [1.29, 1.82) is 0 Å². The van der Waals surface area contributed by atoms with E-state index in [0.29, 0.717) is 11.3 Å². The van der Waals surface area contributed by atoms with E-state index in [2.05, 4.69) is 46.4 Å². The number of hydrogen-bond donors (Lipinski definition) is 0. The average molecular weight is 434 g/mol. The van der Waals surface area contributed by atoms with Crippen molar-refractivity contribution in [2.24, 2.45) is 4.99 Å². The van der Waals surface area contributed by atoms with Gasteiger partial charge in [-0.1, -0.05) is 35.6 Å². The van der Waals surface area contributed by atoms with Crippen molar-refractivity contribution in [3.63, 3.8) is 0 Å². The SMILES string of the molecule is Fc1cc(-c2ccc(N=C=S)cc2)c(F)cc1C#Cc1ccc(CC2=CCCC2)s1. The minimum absolute atomic E-state index is 0.0478. The molecule has 0 bridgehead atoms. The second kappa shape index (κ2) is 9.28. The highest BCUT2D eigenvalue weighted by atomic mass is 32.1. The molecule has 4 rings (SSSR count). The number of allylic oxidation sites excluding steroid dienone is 2. The number of rotatable bonds is 4. The van der Waals surface area contributed by atoms with Gasteiger partial charge in [-0.2, -0.15) is 4.99 Å². The zero-order valence-electron chi connectivity index (χ0n) is 16.0. The van der Waals surface area contributed by atoms with Crippen LogP contribution in [0.15, 0.2) is 65.2 Å². The summed E-state index contributed by atoms with van der Waals surface area (Å²) in [6.45, 7) is 0. The van der Waals surface area contributed by atoms with Crippen LogP contribution in [-0.2, 0) is 6.42 Å². The molecule has 30 heavy (non-hydrogen) atoms. The fourth-order valence-corrected chi connectivity index (χ4v) is 4.44. The standard InChI is InChI=1S/C25H17F2NS2/c26-24-15-23(18-5-8-20(9-6-18)28-16-29)25(27)14-19(24)7-10-21-11-12-22(30-21)13-17-3-1-2-4-17/h3,5-6,8-9,11-12,14-15H,1-2,4,13H2. The minimum atomic E-state index is -0.548. The van der Waals surface area contributed by atoms with Crippen molar-refractivity contribution in [2.45, 2.75) is 25.7 Å². The zero-order valence-corrected chi connectivity index (χ0v) is 17.7. The van der Waals surface area contributed by atoms with Crippen LogP contribution in [0.2, 0.25) is 0 Å². The van der Waals surface area contributed by atoms with Crippen LogP contribution < -0.4 is 0 Å². The van der Waals surface area contributed by atoms with Gasteiger partial charge in [0.05, 0.1) is 21.3 Å². The lowest BCUT2D eigenvalue weighted by Crippen LogP contribution is -1.91. The lowest BCUT2D eigenvalue weighted by Gasteiger charge is -2.05. The van der Waals surface area contributed by atoms with Crippen molar-refractivity contribution >= 4 is 34.4 Å². The Labute approximate surface area is 183 Å². The van der Waals surface area contributed by atoms with Gasteiger partial charge in [0.15, 0.2) is 0 Å². The molecule has 0 spiro atoms. The lowest BCUT2D eigenvalue weighted by atomic mass is 10.0. The number of nitrogens with zero attached hydrogens (tertiary/aromatic N) is 1. The Balaban J connectivity index is 1.54. The predicted molar refractivity (Wildman–Crippen MR) is 122 cm³/mol. The van der Waals surface area contributed by atoms with E-state index in [0.717, 1.165) is 23.8 Å². The summed E-state index contributed by atoms with van der Waals surface area (Å²) in [5, 5.41) is 2.28. The first-order valence-electron chi connectivity index (χ1n) is 9.58. The smallest absolute Gasteiger partial charge is 0.139 e. The summed E-state index contributed by atoms with van der Waals surface area (Å²) >= 11 is 6.17. The first-order valence-corrected chi connectivity index (χ1v) is 10.8. The molecule has 1 aliphatic carbocycles. The highest BCUT2D eigenvalue weighted by Crippen LogP contribution is 2.28. The highest BCUT2D eigenvalue weighted by Gasteiger charge is 2.11. The van der Waals surface area contributed by atoms with E-state index in [9.17, 15) is 8.78 Å². The van der Waals surface area contributed by atoms with Crippen molar-refractivity contribution in [3.8, 4) is 23.0 Å². The van der Waals surface area contributed by atoms with Gasteiger partial charge in [-0.15, -0.1) is 11.3 Å². The molecule has 0 amide bonds. The first kappa shape index (κ1) is 20.4. The highest BCUT2D eigenvalue weighted by molar-refractivity contribution is 7.78. The van der Waals surface area contributed by atoms with Crippen molar-refractivity contribution in [2.75, 3.05) is 0 Å². The fraction of sp³-hybridized carbons (Fsp3) is 0.160. The molecule has 5 heteroatoms. The summed E-state index contributed by atoms with van der Waals surface area (Å²) in [6, 6.07) is 13.0. The summed E-state index contributed by atoms with van der Waals surface area (Å²) in [5.41, 5.74) is 2.86. The van der Waals surface area contributed by atoms with E-state index >= 15 is 0 Å². The average Bonchev–Trinajstić information content (AvgIpc) is 3.42. The Morgan fingerprint density at radius 1 is 1.00 bits per heavy atom. The van der Waals surface area contributed by atoms with Crippen LogP contribution in [0.3, 0.4) is 0 Å². The zero-order chi connectivity index (χ0) is 20.9. The van der Waals surface area contributed by atoms with E-state index in [1.54, 1.807) is 35.6 Å². The van der Waals surface area contributed by atoms with E-state index in [1.807, 2.05) is 6.07 Å². The molecule has 0 saturated carbocycles. The van der Waals surface area contributed by atoms with Crippen LogP contribution in [-0.4, -0.2) is 5.16 Å². The number of halogens is 2. The lowest BCUT2D eigenvalue weighted by molar-refractivity contribution is 0.600. The molecule has 0 radical (unpaired) electrons. The van der Waals surface area contributed by atoms with Crippen LogP contribution in [0.25, 0.3) is 11.1 Å². The van der Waals surface area contributed by atoms with E-state index in [1.165, 1.54) is 29.4 Å². The van der Waals surface area contributed by atoms with Gasteiger partial charge in [0, 0.05) is 16.9 Å². The number of isothiocyanates is 1. The predicted octanol–water partition coefficient (Wildman–Crippen LogP) is 7.48. The molecule has 0 saturated heterocycles. The summed E-state index contributed by atoms with van der Waals surface area (Å²) in [5.74, 6) is 4.68. The maximum Gasteiger partial charge on any atom is 0.139 e. The van der Waals surface area contributed by atoms with Gasteiger partial charge in [0.1, 0.15) is 11.6 Å².